The smallest absolute Gasteiger partial charge is 0.326 e. The van der Waals surface area contributed by atoms with Crippen molar-refractivity contribution in [2.45, 2.75) is 13.0 Å². The van der Waals surface area contributed by atoms with Gasteiger partial charge in [0.15, 0.2) is 0 Å². The lowest BCUT2D eigenvalue weighted by molar-refractivity contribution is -0.138. The number of nitrogens with two attached hydrogens (primary N) is 1. The molecule has 5 nitrogen and oxygen atoms in total. The predicted molar refractivity (Wildman–Crippen MR) is 64.6 cm³/mol. The van der Waals surface area contributed by atoms with Crippen molar-refractivity contribution in [3.63, 3.8) is 0 Å². The SMILES string of the molecule is Cc1ccc(-c2nc(C(N)C(=O)O)cs2)cn1. The summed E-state index contributed by atoms with van der Waals surface area (Å²) >= 11 is 1.36. The van der Waals surface area contributed by atoms with Gasteiger partial charge in [0, 0.05) is 22.8 Å². The number of aliphatic carboxylic acids is 1. The van der Waals surface area contributed by atoms with Crippen LogP contribution in [0.1, 0.15) is 17.4 Å². The first-order chi connectivity index (χ1) is 8.08. The van der Waals surface area contributed by atoms with Gasteiger partial charge >= 0.3 is 5.97 Å². The van der Waals surface area contributed by atoms with Gasteiger partial charge in [0.2, 0.25) is 0 Å². The zero-order chi connectivity index (χ0) is 12.4. The summed E-state index contributed by atoms with van der Waals surface area (Å²) in [7, 11) is 0. The van der Waals surface area contributed by atoms with E-state index in [1.165, 1.54) is 11.3 Å². The van der Waals surface area contributed by atoms with Gasteiger partial charge in [0.25, 0.3) is 0 Å². The van der Waals surface area contributed by atoms with Crippen LogP contribution in [0.25, 0.3) is 10.6 Å². The molecule has 0 spiro atoms. The van der Waals surface area contributed by atoms with E-state index in [0.29, 0.717) is 5.69 Å². The third-order valence-electron chi connectivity index (χ3n) is 2.26. The minimum absolute atomic E-state index is 0.373. The second kappa shape index (κ2) is 4.60. The minimum atomic E-state index is -1.08. The number of carbonyl (C=O) groups is 1. The highest BCUT2D eigenvalue weighted by atomic mass is 32.1. The van der Waals surface area contributed by atoms with Crippen molar-refractivity contribution in [1.29, 1.82) is 0 Å². The average molecular weight is 249 g/mol. The molecular formula is C11H11N3O2S. The lowest BCUT2D eigenvalue weighted by atomic mass is 10.2. The van der Waals surface area contributed by atoms with E-state index in [4.69, 9.17) is 10.8 Å². The van der Waals surface area contributed by atoms with E-state index in [1.54, 1.807) is 11.6 Å². The number of hydrogen-bond acceptors (Lipinski definition) is 5. The van der Waals surface area contributed by atoms with Crippen LogP contribution in [0.3, 0.4) is 0 Å². The summed E-state index contributed by atoms with van der Waals surface area (Å²) in [4.78, 5) is 19.1. The molecule has 17 heavy (non-hydrogen) atoms. The number of carboxylic acid groups (broad SMARTS) is 1. The zero-order valence-corrected chi connectivity index (χ0v) is 9.94. The molecule has 1 unspecified atom stereocenters. The van der Waals surface area contributed by atoms with E-state index in [-0.39, 0.29) is 0 Å². The molecule has 2 heterocycles. The number of carboxylic acids is 1. The predicted octanol–water partition coefficient (Wildman–Crippen LogP) is 1.60. The molecule has 2 rings (SSSR count). The van der Waals surface area contributed by atoms with Crippen LogP contribution in [0.2, 0.25) is 0 Å². The fraction of sp³-hybridized carbons (Fsp3) is 0.182. The molecule has 0 bridgehead atoms. The molecule has 6 heteroatoms. The highest BCUT2D eigenvalue weighted by molar-refractivity contribution is 7.13. The number of hydrogen-bond donors (Lipinski definition) is 2. The van der Waals surface area contributed by atoms with Gasteiger partial charge in [-0.3, -0.25) is 9.78 Å². The molecule has 0 amide bonds. The van der Waals surface area contributed by atoms with Crippen LogP contribution in [0.5, 0.6) is 0 Å². The molecular weight excluding hydrogens is 238 g/mol. The maximum atomic E-state index is 10.7. The highest BCUT2D eigenvalue weighted by Crippen LogP contribution is 2.25. The Labute approximate surface area is 102 Å². The Hall–Kier alpha value is -1.79. The van der Waals surface area contributed by atoms with E-state index in [9.17, 15) is 4.79 Å². The summed E-state index contributed by atoms with van der Waals surface area (Å²) in [6.45, 7) is 1.90. The van der Waals surface area contributed by atoms with Crippen molar-refractivity contribution in [3.8, 4) is 10.6 Å². The quantitative estimate of drug-likeness (QED) is 0.862. The Kier molecular flexibility index (Phi) is 3.16. The van der Waals surface area contributed by atoms with Crippen molar-refractivity contribution in [2.24, 2.45) is 5.73 Å². The number of pyridine rings is 1. The molecule has 2 aromatic heterocycles. The summed E-state index contributed by atoms with van der Waals surface area (Å²) in [6.07, 6.45) is 1.71. The topological polar surface area (TPSA) is 89.1 Å². The van der Waals surface area contributed by atoms with E-state index in [0.717, 1.165) is 16.3 Å². The normalized spacial score (nSPS) is 12.4. The highest BCUT2D eigenvalue weighted by Gasteiger charge is 2.18. The summed E-state index contributed by atoms with van der Waals surface area (Å²) in [5.74, 6) is -1.08. The first kappa shape index (κ1) is 11.7. The van der Waals surface area contributed by atoms with Gasteiger partial charge in [0.1, 0.15) is 11.0 Å². The number of aryl methyl sites for hydroxylation is 1. The Bertz CT molecular complexity index is 536. The van der Waals surface area contributed by atoms with Gasteiger partial charge < -0.3 is 10.8 Å². The summed E-state index contributed by atoms with van der Waals surface area (Å²) in [5.41, 5.74) is 7.64. The molecule has 88 valence electrons. The van der Waals surface area contributed by atoms with Crippen molar-refractivity contribution in [2.75, 3.05) is 0 Å². The molecule has 0 aliphatic rings. The summed E-state index contributed by atoms with van der Waals surface area (Å²) in [6, 6.07) is 2.71. The van der Waals surface area contributed by atoms with Crippen LogP contribution in [-0.2, 0) is 4.79 Å². The van der Waals surface area contributed by atoms with Crippen molar-refractivity contribution in [1.82, 2.24) is 9.97 Å². The van der Waals surface area contributed by atoms with Crippen LogP contribution in [-0.4, -0.2) is 21.0 Å². The number of aromatic nitrogens is 2. The number of rotatable bonds is 3. The Balaban J connectivity index is 2.29. The lowest BCUT2D eigenvalue weighted by Crippen LogP contribution is -2.20. The Morgan fingerprint density at radius 2 is 2.29 bits per heavy atom. The zero-order valence-electron chi connectivity index (χ0n) is 9.12. The molecule has 0 saturated heterocycles. The second-order valence-electron chi connectivity index (χ2n) is 3.58. The molecule has 0 radical (unpaired) electrons. The molecule has 0 aliphatic heterocycles. The minimum Gasteiger partial charge on any atom is -0.480 e. The largest absolute Gasteiger partial charge is 0.480 e. The van der Waals surface area contributed by atoms with E-state index < -0.39 is 12.0 Å². The molecule has 0 fully saturated rings. The standard InChI is InChI=1S/C11H11N3O2S/c1-6-2-3-7(4-13-6)10-14-8(5-17-10)9(12)11(15)16/h2-5,9H,12H2,1H3,(H,15,16). The van der Waals surface area contributed by atoms with Crippen molar-refractivity contribution in [3.05, 3.63) is 35.1 Å². The van der Waals surface area contributed by atoms with Crippen LogP contribution in [0.15, 0.2) is 23.7 Å². The van der Waals surface area contributed by atoms with E-state index in [1.807, 2.05) is 19.1 Å². The van der Waals surface area contributed by atoms with Crippen molar-refractivity contribution < 1.29 is 9.90 Å². The Morgan fingerprint density at radius 1 is 1.53 bits per heavy atom. The van der Waals surface area contributed by atoms with Crippen molar-refractivity contribution >= 4 is 17.3 Å². The Morgan fingerprint density at radius 3 is 2.88 bits per heavy atom. The van der Waals surface area contributed by atoms with Gasteiger partial charge in [-0.2, -0.15) is 0 Å². The van der Waals surface area contributed by atoms with Crippen LogP contribution < -0.4 is 5.73 Å². The van der Waals surface area contributed by atoms with Gasteiger partial charge in [-0.1, -0.05) is 0 Å². The van der Waals surface area contributed by atoms with Gasteiger partial charge in [-0.15, -0.1) is 11.3 Å². The van der Waals surface area contributed by atoms with E-state index in [2.05, 4.69) is 9.97 Å². The number of thiazole rings is 1. The lowest BCUT2D eigenvalue weighted by Gasteiger charge is -2.00. The van der Waals surface area contributed by atoms with Crippen LogP contribution in [0, 0.1) is 6.92 Å². The molecule has 1 atom stereocenters. The second-order valence-corrected chi connectivity index (χ2v) is 4.44. The monoisotopic (exact) mass is 249 g/mol. The third kappa shape index (κ3) is 2.48. The number of nitrogens with zero attached hydrogens (tertiary/aromatic N) is 2. The first-order valence-corrected chi connectivity index (χ1v) is 5.82. The summed E-state index contributed by atoms with van der Waals surface area (Å²) < 4.78 is 0. The van der Waals surface area contributed by atoms with Crippen LogP contribution >= 0.6 is 11.3 Å². The van der Waals surface area contributed by atoms with E-state index >= 15 is 0 Å². The van der Waals surface area contributed by atoms with Gasteiger partial charge in [0.05, 0.1) is 5.69 Å². The molecule has 3 N–H and O–H groups in total. The molecule has 0 aliphatic carbocycles. The van der Waals surface area contributed by atoms with Crippen LogP contribution in [0.4, 0.5) is 0 Å². The maximum Gasteiger partial charge on any atom is 0.326 e. The molecule has 0 saturated carbocycles. The molecule has 0 aromatic carbocycles. The fourth-order valence-corrected chi connectivity index (χ4v) is 2.13. The fourth-order valence-electron chi connectivity index (χ4n) is 1.28. The average Bonchev–Trinajstić information content (AvgIpc) is 2.78. The summed E-state index contributed by atoms with van der Waals surface area (Å²) in [5, 5.41) is 11.2. The van der Waals surface area contributed by atoms with Gasteiger partial charge in [-0.25, -0.2) is 4.98 Å². The first-order valence-electron chi connectivity index (χ1n) is 4.95. The van der Waals surface area contributed by atoms with Gasteiger partial charge in [-0.05, 0) is 19.1 Å². The maximum absolute atomic E-state index is 10.7. The molecule has 2 aromatic rings. The third-order valence-corrected chi connectivity index (χ3v) is 3.17.